The molecule has 0 bridgehead atoms. The predicted octanol–water partition coefficient (Wildman–Crippen LogP) is 1.02. The zero-order chi connectivity index (χ0) is 7.40. The van der Waals surface area contributed by atoms with Crippen LogP contribution in [0.25, 0.3) is 0 Å². The van der Waals surface area contributed by atoms with Gasteiger partial charge in [0.05, 0.1) is 6.20 Å². The van der Waals surface area contributed by atoms with Crippen molar-refractivity contribution in [3.05, 3.63) is 18.0 Å². The minimum absolute atomic E-state index is 0.655. The van der Waals surface area contributed by atoms with Gasteiger partial charge in [0, 0.05) is 12.2 Å². The number of aromatic nitrogens is 2. The fourth-order valence-electron chi connectivity index (χ4n) is 0.648. The third-order valence-electron chi connectivity index (χ3n) is 1.06. The Kier molecular flexibility index (Phi) is 2.20. The van der Waals surface area contributed by atoms with Gasteiger partial charge in [-0.3, -0.25) is 0 Å². The smallest absolute Gasteiger partial charge is 0.223 e. The Bertz CT molecular complexity index is 210. The zero-order valence-corrected chi connectivity index (χ0v) is 6.18. The first kappa shape index (κ1) is 6.99. The van der Waals surface area contributed by atoms with E-state index in [-0.39, 0.29) is 0 Å². The van der Waals surface area contributed by atoms with Crippen LogP contribution in [0.1, 0.15) is 12.6 Å². The molecule has 3 nitrogen and oxygen atoms in total. The third kappa shape index (κ3) is 1.69. The molecule has 1 rings (SSSR count). The molecule has 3 heteroatoms. The van der Waals surface area contributed by atoms with E-state index in [0.717, 1.165) is 12.2 Å². The van der Waals surface area contributed by atoms with Crippen molar-refractivity contribution in [1.82, 2.24) is 9.97 Å². The van der Waals surface area contributed by atoms with Crippen molar-refractivity contribution in [3.63, 3.8) is 0 Å². The van der Waals surface area contributed by atoms with Crippen LogP contribution in [0, 0.1) is 13.1 Å². The van der Waals surface area contributed by atoms with E-state index in [0.29, 0.717) is 5.95 Å². The molecule has 1 aromatic heterocycles. The monoisotopic (exact) mass is 136 g/mol. The Morgan fingerprint density at radius 1 is 1.70 bits per heavy atom. The zero-order valence-electron chi connectivity index (χ0n) is 6.18. The van der Waals surface area contributed by atoms with Gasteiger partial charge in [-0.15, -0.1) is 0 Å². The third-order valence-corrected chi connectivity index (χ3v) is 1.06. The maximum Gasteiger partial charge on any atom is 0.223 e. The van der Waals surface area contributed by atoms with Crippen LogP contribution in [0.3, 0.4) is 0 Å². The van der Waals surface area contributed by atoms with E-state index in [4.69, 9.17) is 0 Å². The van der Waals surface area contributed by atoms with Gasteiger partial charge in [-0.2, -0.15) is 0 Å². The molecule has 0 aromatic carbocycles. The van der Waals surface area contributed by atoms with Crippen LogP contribution in [0.15, 0.2) is 6.07 Å². The molecule has 1 aromatic rings. The molecule has 0 aliphatic rings. The molecule has 0 amide bonds. The van der Waals surface area contributed by atoms with Crippen LogP contribution in [-0.2, 0) is 0 Å². The first-order chi connectivity index (χ1) is 4.83. The lowest BCUT2D eigenvalue weighted by atomic mass is 10.5. The number of hydrogen-bond acceptors (Lipinski definition) is 3. The summed E-state index contributed by atoms with van der Waals surface area (Å²) in [5.41, 5.74) is 0.936. The van der Waals surface area contributed by atoms with E-state index in [1.165, 1.54) is 0 Å². The largest absolute Gasteiger partial charge is 0.354 e. The Morgan fingerprint density at radius 2 is 2.50 bits per heavy atom. The van der Waals surface area contributed by atoms with Crippen LogP contribution in [0.2, 0.25) is 0 Å². The summed E-state index contributed by atoms with van der Waals surface area (Å²) in [6.07, 6.45) is 2.74. The lowest BCUT2D eigenvalue weighted by Crippen LogP contribution is -2.01. The number of anilines is 1. The highest BCUT2D eigenvalue weighted by molar-refractivity contribution is 5.23. The Balaban J connectivity index is 2.75. The summed E-state index contributed by atoms with van der Waals surface area (Å²) in [5.74, 6) is 0.655. The van der Waals surface area contributed by atoms with E-state index >= 15 is 0 Å². The van der Waals surface area contributed by atoms with Gasteiger partial charge in [0.2, 0.25) is 5.95 Å². The van der Waals surface area contributed by atoms with Crippen molar-refractivity contribution < 1.29 is 0 Å². The van der Waals surface area contributed by atoms with E-state index in [2.05, 4.69) is 21.5 Å². The molecule has 1 N–H and O–H groups in total. The number of nitrogens with zero attached hydrogens (tertiary/aromatic N) is 2. The second-order valence-electron chi connectivity index (χ2n) is 1.99. The van der Waals surface area contributed by atoms with Gasteiger partial charge in [0.25, 0.3) is 0 Å². The molecular formula is C7H10N3. The molecule has 1 heterocycles. The summed E-state index contributed by atoms with van der Waals surface area (Å²) in [6, 6.07) is 1.75. The molecule has 1 radical (unpaired) electrons. The van der Waals surface area contributed by atoms with E-state index in [1.54, 1.807) is 6.07 Å². The van der Waals surface area contributed by atoms with Crippen molar-refractivity contribution in [2.45, 2.75) is 13.8 Å². The van der Waals surface area contributed by atoms with Gasteiger partial charge in [-0.05, 0) is 19.9 Å². The highest BCUT2D eigenvalue weighted by Crippen LogP contribution is 1.96. The second-order valence-corrected chi connectivity index (χ2v) is 1.99. The van der Waals surface area contributed by atoms with Crippen LogP contribution in [0.4, 0.5) is 5.95 Å². The molecular weight excluding hydrogens is 126 g/mol. The van der Waals surface area contributed by atoms with Crippen LogP contribution < -0.4 is 5.32 Å². The van der Waals surface area contributed by atoms with Gasteiger partial charge in [-0.25, -0.2) is 9.97 Å². The number of hydrogen-bond donors (Lipinski definition) is 1. The highest BCUT2D eigenvalue weighted by Gasteiger charge is 1.90. The van der Waals surface area contributed by atoms with E-state index < -0.39 is 0 Å². The van der Waals surface area contributed by atoms with Crippen molar-refractivity contribution >= 4 is 5.95 Å². The minimum Gasteiger partial charge on any atom is -0.354 e. The molecule has 53 valence electrons. The van der Waals surface area contributed by atoms with Gasteiger partial charge in [0.15, 0.2) is 0 Å². The summed E-state index contributed by atoms with van der Waals surface area (Å²) in [7, 11) is 0. The predicted molar refractivity (Wildman–Crippen MR) is 39.8 cm³/mol. The summed E-state index contributed by atoms with van der Waals surface area (Å²) < 4.78 is 0. The van der Waals surface area contributed by atoms with Crippen molar-refractivity contribution in [1.29, 1.82) is 0 Å². The molecule has 0 spiro atoms. The molecule has 0 unspecified atom stereocenters. The summed E-state index contributed by atoms with van der Waals surface area (Å²) >= 11 is 0. The van der Waals surface area contributed by atoms with E-state index in [1.807, 2.05) is 13.8 Å². The lowest BCUT2D eigenvalue weighted by molar-refractivity contribution is 1.05. The first-order valence-corrected chi connectivity index (χ1v) is 3.28. The van der Waals surface area contributed by atoms with Crippen molar-refractivity contribution in [3.8, 4) is 0 Å². The first-order valence-electron chi connectivity index (χ1n) is 3.28. The Morgan fingerprint density at radius 3 is 3.10 bits per heavy atom. The maximum atomic E-state index is 4.11. The van der Waals surface area contributed by atoms with Gasteiger partial charge >= 0.3 is 0 Å². The standard InChI is InChI=1S/C7H10N3/c1-3-8-7-9-5-4-6(2)10-7/h4H,3H2,1-2H3,(H,8,9,10). The van der Waals surface area contributed by atoms with Crippen LogP contribution in [0.5, 0.6) is 0 Å². The molecule has 0 saturated heterocycles. The molecule has 0 atom stereocenters. The normalized spacial score (nSPS) is 9.40. The summed E-state index contributed by atoms with van der Waals surface area (Å²) in [6.45, 7) is 4.77. The Hall–Kier alpha value is -1.12. The topological polar surface area (TPSA) is 37.8 Å². The average Bonchev–Trinajstić information content (AvgIpc) is 1.88. The SMILES string of the molecule is CCNc1n[c]cc(C)n1. The fourth-order valence-corrected chi connectivity index (χ4v) is 0.648. The molecule has 0 fully saturated rings. The summed E-state index contributed by atoms with van der Waals surface area (Å²) in [5, 5.41) is 2.99. The van der Waals surface area contributed by atoms with Crippen LogP contribution >= 0.6 is 0 Å². The minimum atomic E-state index is 0.655. The highest BCUT2D eigenvalue weighted by atomic mass is 15.1. The number of aryl methyl sites for hydroxylation is 1. The van der Waals surface area contributed by atoms with E-state index in [9.17, 15) is 0 Å². The van der Waals surface area contributed by atoms with Gasteiger partial charge in [0.1, 0.15) is 0 Å². The fraction of sp³-hybridized carbons (Fsp3) is 0.429. The molecule has 0 saturated carbocycles. The lowest BCUT2D eigenvalue weighted by Gasteiger charge is -1.98. The maximum absolute atomic E-state index is 4.11. The molecule has 0 aliphatic carbocycles. The average molecular weight is 136 g/mol. The quantitative estimate of drug-likeness (QED) is 0.659. The summed E-state index contributed by atoms with van der Waals surface area (Å²) in [4.78, 5) is 7.99. The molecule has 0 aliphatic heterocycles. The van der Waals surface area contributed by atoms with Crippen LogP contribution in [-0.4, -0.2) is 16.5 Å². The number of rotatable bonds is 2. The Labute approximate surface area is 60.5 Å². The number of nitrogens with one attached hydrogen (secondary N) is 1. The second kappa shape index (κ2) is 3.15. The van der Waals surface area contributed by atoms with Gasteiger partial charge in [-0.1, -0.05) is 0 Å². The van der Waals surface area contributed by atoms with Gasteiger partial charge < -0.3 is 5.32 Å². The van der Waals surface area contributed by atoms with Crippen molar-refractivity contribution in [2.75, 3.05) is 11.9 Å². The molecule has 10 heavy (non-hydrogen) atoms. The van der Waals surface area contributed by atoms with Crippen molar-refractivity contribution in [2.24, 2.45) is 0 Å².